The number of fused-ring (bicyclic) bond motifs is 1. The summed E-state index contributed by atoms with van der Waals surface area (Å²) in [6.45, 7) is 1.56. The van der Waals surface area contributed by atoms with Gasteiger partial charge in [-0.3, -0.25) is 4.79 Å². The quantitative estimate of drug-likeness (QED) is 0.552. The fourth-order valence-corrected chi connectivity index (χ4v) is 5.30. The van der Waals surface area contributed by atoms with E-state index in [1.807, 2.05) is 19.1 Å². The highest BCUT2D eigenvalue weighted by Gasteiger charge is 2.36. The molecule has 0 saturated heterocycles. The van der Waals surface area contributed by atoms with Crippen molar-refractivity contribution < 1.29 is 31.1 Å². The molecule has 0 N–H and O–H groups in total. The number of hydrogen-bond donors (Lipinski definition) is 0. The molecule has 6 nitrogen and oxygen atoms in total. The molecule has 0 unspecified atom stereocenters. The Kier molecular flexibility index (Phi) is 7.26. The first-order chi connectivity index (χ1) is 15.1. The van der Waals surface area contributed by atoms with Gasteiger partial charge in [-0.1, -0.05) is 24.3 Å². The molecule has 1 aliphatic heterocycles. The topological polar surface area (TPSA) is 66.9 Å². The molecule has 2 aromatic carbocycles. The van der Waals surface area contributed by atoms with Crippen molar-refractivity contribution in [1.29, 1.82) is 0 Å². The molecule has 1 amide bonds. The van der Waals surface area contributed by atoms with Crippen LogP contribution in [-0.2, 0) is 32.2 Å². The third kappa shape index (κ3) is 5.13. The van der Waals surface area contributed by atoms with Crippen molar-refractivity contribution in [2.24, 2.45) is 0 Å². The third-order valence-corrected chi connectivity index (χ3v) is 7.18. The summed E-state index contributed by atoms with van der Waals surface area (Å²) in [6, 6.07) is 10.8. The molecule has 0 bridgehead atoms. The molecule has 0 radical (unpaired) electrons. The van der Waals surface area contributed by atoms with Crippen molar-refractivity contribution in [2.75, 3.05) is 31.7 Å². The van der Waals surface area contributed by atoms with E-state index in [-0.39, 0.29) is 25.6 Å². The second-order valence-electron chi connectivity index (χ2n) is 7.66. The Morgan fingerprint density at radius 1 is 1.19 bits per heavy atom. The Balaban J connectivity index is 1.90. The Morgan fingerprint density at radius 2 is 1.91 bits per heavy atom. The molecular weight excluding hydrogens is 445 g/mol. The average molecular weight is 471 g/mol. The minimum absolute atomic E-state index is 0.0674. The normalized spacial score (nSPS) is 16.4. The number of ether oxygens (including phenoxy) is 1. The standard InChI is InChI=1S/C22H25F3N2O4S/c1-16-13-17-7-3-4-10-20(17)27(16)21(28)15-26(11-6-12-31-2)32(29,30)19-9-5-8-18(14-19)22(23,24)25/h3-5,7-10,14,16H,6,11-13,15H2,1-2H3/t16-/m0/s1. The van der Waals surface area contributed by atoms with E-state index in [1.54, 1.807) is 17.0 Å². The fourth-order valence-electron chi connectivity index (χ4n) is 3.82. The van der Waals surface area contributed by atoms with E-state index in [4.69, 9.17) is 4.74 Å². The number of halogens is 3. The highest BCUT2D eigenvalue weighted by atomic mass is 32.2. The van der Waals surface area contributed by atoms with Crippen LogP contribution in [0.25, 0.3) is 0 Å². The maximum absolute atomic E-state index is 13.2. The zero-order chi connectivity index (χ0) is 23.5. The highest BCUT2D eigenvalue weighted by molar-refractivity contribution is 7.89. The summed E-state index contributed by atoms with van der Waals surface area (Å²) in [5.74, 6) is -0.435. The van der Waals surface area contributed by atoms with Crippen molar-refractivity contribution in [2.45, 2.75) is 36.9 Å². The second kappa shape index (κ2) is 9.60. The lowest BCUT2D eigenvalue weighted by molar-refractivity contribution is -0.137. The van der Waals surface area contributed by atoms with Crippen molar-refractivity contribution >= 4 is 21.6 Å². The molecule has 32 heavy (non-hydrogen) atoms. The molecular formula is C22H25F3N2O4S. The Bertz CT molecular complexity index is 1070. The van der Waals surface area contributed by atoms with Gasteiger partial charge in [0.1, 0.15) is 0 Å². The molecule has 10 heteroatoms. The van der Waals surface area contributed by atoms with Gasteiger partial charge < -0.3 is 9.64 Å². The van der Waals surface area contributed by atoms with E-state index in [9.17, 15) is 26.4 Å². The summed E-state index contributed by atoms with van der Waals surface area (Å²) in [4.78, 5) is 14.2. The van der Waals surface area contributed by atoms with Crippen LogP contribution in [0.2, 0.25) is 0 Å². The number of sulfonamides is 1. The van der Waals surface area contributed by atoms with Crippen molar-refractivity contribution in [3.63, 3.8) is 0 Å². The SMILES string of the molecule is COCCCN(CC(=O)N1c2ccccc2C[C@@H]1C)S(=O)(=O)c1cccc(C(F)(F)F)c1. The van der Waals surface area contributed by atoms with Crippen LogP contribution in [0.5, 0.6) is 0 Å². The summed E-state index contributed by atoms with van der Waals surface area (Å²) in [5, 5.41) is 0. The maximum Gasteiger partial charge on any atom is 0.416 e. The molecule has 174 valence electrons. The zero-order valence-electron chi connectivity index (χ0n) is 17.8. The van der Waals surface area contributed by atoms with Crippen molar-refractivity contribution in [3.05, 3.63) is 59.7 Å². The number of carbonyl (C=O) groups is 1. The Morgan fingerprint density at radius 3 is 2.59 bits per heavy atom. The number of rotatable bonds is 8. The monoisotopic (exact) mass is 470 g/mol. The number of amides is 1. The first-order valence-electron chi connectivity index (χ1n) is 10.1. The van der Waals surface area contributed by atoms with Crippen LogP contribution in [0.4, 0.5) is 18.9 Å². The maximum atomic E-state index is 13.2. The van der Waals surface area contributed by atoms with E-state index in [0.717, 1.165) is 33.8 Å². The number of benzene rings is 2. The van der Waals surface area contributed by atoms with Gasteiger partial charge in [0.25, 0.3) is 0 Å². The van der Waals surface area contributed by atoms with E-state index >= 15 is 0 Å². The van der Waals surface area contributed by atoms with Crippen LogP contribution in [0.15, 0.2) is 53.4 Å². The van der Waals surface area contributed by atoms with Gasteiger partial charge in [0.2, 0.25) is 15.9 Å². The van der Waals surface area contributed by atoms with Gasteiger partial charge in [-0.05, 0) is 49.6 Å². The predicted octanol–water partition coefficient (Wildman–Crippen LogP) is 3.71. The lowest BCUT2D eigenvalue weighted by Gasteiger charge is -2.27. The number of carbonyl (C=O) groups excluding carboxylic acids is 1. The van der Waals surface area contributed by atoms with Crippen LogP contribution in [0, 0.1) is 0 Å². The van der Waals surface area contributed by atoms with Crippen LogP contribution in [0.3, 0.4) is 0 Å². The first-order valence-corrected chi connectivity index (χ1v) is 11.6. The van der Waals surface area contributed by atoms with Gasteiger partial charge in [-0.25, -0.2) is 8.42 Å². The van der Waals surface area contributed by atoms with Gasteiger partial charge in [-0.15, -0.1) is 0 Å². The highest BCUT2D eigenvalue weighted by Crippen LogP contribution is 2.33. The largest absolute Gasteiger partial charge is 0.416 e. The predicted molar refractivity (Wildman–Crippen MR) is 114 cm³/mol. The molecule has 0 aliphatic carbocycles. The second-order valence-corrected chi connectivity index (χ2v) is 9.59. The van der Waals surface area contributed by atoms with Gasteiger partial charge in [0, 0.05) is 32.0 Å². The minimum atomic E-state index is -4.68. The minimum Gasteiger partial charge on any atom is -0.385 e. The summed E-state index contributed by atoms with van der Waals surface area (Å²) in [7, 11) is -2.90. The fraction of sp³-hybridized carbons (Fsp3) is 0.409. The van der Waals surface area contributed by atoms with Gasteiger partial charge in [0.05, 0.1) is 17.0 Å². The van der Waals surface area contributed by atoms with Crippen LogP contribution >= 0.6 is 0 Å². The Hall–Kier alpha value is -2.43. The van der Waals surface area contributed by atoms with Crippen LogP contribution < -0.4 is 4.90 Å². The average Bonchev–Trinajstić information content (AvgIpc) is 3.08. The molecule has 0 fully saturated rings. The van der Waals surface area contributed by atoms with Crippen molar-refractivity contribution in [3.8, 4) is 0 Å². The number of nitrogens with zero attached hydrogens (tertiary/aromatic N) is 2. The Labute approximate surface area is 185 Å². The smallest absolute Gasteiger partial charge is 0.385 e. The number of anilines is 1. The molecule has 0 spiro atoms. The molecule has 1 aliphatic rings. The number of hydrogen-bond acceptors (Lipinski definition) is 4. The molecule has 2 aromatic rings. The summed E-state index contributed by atoms with van der Waals surface area (Å²) < 4.78 is 71.7. The molecule has 1 heterocycles. The summed E-state index contributed by atoms with van der Waals surface area (Å²) >= 11 is 0. The third-order valence-electron chi connectivity index (χ3n) is 5.34. The number of alkyl halides is 3. The number of para-hydroxylation sites is 1. The van der Waals surface area contributed by atoms with Crippen LogP contribution in [0.1, 0.15) is 24.5 Å². The van der Waals surface area contributed by atoms with Gasteiger partial charge >= 0.3 is 6.18 Å². The van der Waals surface area contributed by atoms with E-state index in [2.05, 4.69) is 0 Å². The molecule has 3 rings (SSSR count). The molecule has 1 atom stereocenters. The van der Waals surface area contributed by atoms with E-state index in [1.165, 1.54) is 7.11 Å². The summed E-state index contributed by atoms with van der Waals surface area (Å²) in [5.41, 5.74) is 0.641. The first kappa shape index (κ1) is 24.2. The van der Waals surface area contributed by atoms with Gasteiger partial charge in [-0.2, -0.15) is 17.5 Å². The van der Waals surface area contributed by atoms with Crippen molar-refractivity contribution in [1.82, 2.24) is 4.31 Å². The van der Waals surface area contributed by atoms with Crippen LogP contribution in [-0.4, -0.2) is 51.5 Å². The zero-order valence-corrected chi connectivity index (χ0v) is 18.6. The van der Waals surface area contributed by atoms with E-state index < -0.39 is 39.1 Å². The summed E-state index contributed by atoms with van der Waals surface area (Å²) in [6.07, 6.45) is -3.75. The van der Waals surface area contributed by atoms with E-state index in [0.29, 0.717) is 12.5 Å². The molecule has 0 aromatic heterocycles. The lowest BCUT2D eigenvalue weighted by atomic mass is 10.1. The van der Waals surface area contributed by atoms with Gasteiger partial charge in [0.15, 0.2) is 0 Å². The molecule has 0 saturated carbocycles. The number of methoxy groups -OCH3 is 1. The lowest BCUT2D eigenvalue weighted by Crippen LogP contribution is -2.45.